The summed E-state index contributed by atoms with van der Waals surface area (Å²) in [4.78, 5) is 2.49. The molecule has 76 valence electrons. The lowest BCUT2D eigenvalue weighted by Gasteiger charge is -2.18. The fourth-order valence-corrected chi connectivity index (χ4v) is 2.25. The molecule has 0 aliphatic carbocycles. The van der Waals surface area contributed by atoms with Gasteiger partial charge in [0.1, 0.15) is 0 Å². The maximum atomic E-state index is 2.49. The monoisotopic (exact) mass is 189 g/mol. The molecule has 1 saturated heterocycles. The van der Waals surface area contributed by atoms with Crippen LogP contribution in [0.1, 0.15) is 30.9 Å². The first kappa shape index (κ1) is 9.57. The van der Waals surface area contributed by atoms with Crippen molar-refractivity contribution >= 4 is 5.69 Å². The highest BCUT2D eigenvalue weighted by Gasteiger charge is 2.12. The lowest BCUT2D eigenvalue weighted by atomic mass is 10.1. The summed E-state index contributed by atoms with van der Waals surface area (Å²) in [5.41, 5.74) is 4.34. The number of hydrogen-bond acceptors (Lipinski definition) is 1. The minimum absolute atomic E-state index is 1.14. The van der Waals surface area contributed by atoms with E-state index >= 15 is 0 Å². The van der Waals surface area contributed by atoms with Crippen molar-refractivity contribution in [2.24, 2.45) is 0 Å². The zero-order valence-electron chi connectivity index (χ0n) is 9.21. The fraction of sp³-hybridized carbons (Fsp3) is 0.538. The summed E-state index contributed by atoms with van der Waals surface area (Å²) in [6.45, 7) is 6.92. The molecular formula is C13H19N. The van der Waals surface area contributed by atoms with E-state index in [9.17, 15) is 0 Å². The van der Waals surface area contributed by atoms with E-state index in [0.717, 1.165) is 6.42 Å². The Balaban J connectivity index is 2.23. The van der Waals surface area contributed by atoms with E-state index in [1.165, 1.54) is 42.7 Å². The van der Waals surface area contributed by atoms with Crippen molar-refractivity contribution in [3.05, 3.63) is 29.3 Å². The van der Waals surface area contributed by atoms with Crippen LogP contribution < -0.4 is 4.90 Å². The standard InChI is InChI=1S/C13H19N/c1-3-12-6-7-13(10-11(12)2)14-8-4-5-9-14/h6-7,10H,3-5,8-9H2,1-2H3. The van der Waals surface area contributed by atoms with Crippen molar-refractivity contribution in [3.63, 3.8) is 0 Å². The zero-order valence-corrected chi connectivity index (χ0v) is 9.21. The molecule has 0 spiro atoms. The summed E-state index contributed by atoms with van der Waals surface area (Å²) in [7, 11) is 0. The van der Waals surface area contributed by atoms with Crippen molar-refractivity contribution in [1.29, 1.82) is 0 Å². The molecule has 1 aliphatic heterocycles. The predicted octanol–water partition coefficient (Wildman–Crippen LogP) is 3.16. The Bertz CT molecular complexity index is 311. The van der Waals surface area contributed by atoms with Gasteiger partial charge in [0.25, 0.3) is 0 Å². The molecule has 1 aromatic carbocycles. The van der Waals surface area contributed by atoms with Gasteiger partial charge in [0, 0.05) is 18.8 Å². The number of rotatable bonds is 2. The van der Waals surface area contributed by atoms with Crippen molar-refractivity contribution in [2.45, 2.75) is 33.1 Å². The minimum Gasteiger partial charge on any atom is -0.372 e. The SMILES string of the molecule is CCc1ccc(N2CCCC2)cc1C. The first-order chi connectivity index (χ1) is 6.81. The van der Waals surface area contributed by atoms with E-state index < -0.39 is 0 Å². The molecular weight excluding hydrogens is 170 g/mol. The fourth-order valence-electron chi connectivity index (χ4n) is 2.25. The first-order valence-corrected chi connectivity index (χ1v) is 5.65. The van der Waals surface area contributed by atoms with Crippen molar-refractivity contribution in [3.8, 4) is 0 Å². The summed E-state index contributed by atoms with van der Waals surface area (Å²) in [6, 6.07) is 6.89. The summed E-state index contributed by atoms with van der Waals surface area (Å²) >= 11 is 0. The lowest BCUT2D eigenvalue weighted by molar-refractivity contribution is 0.949. The molecule has 1 fully saturated rings. The topological polar surface area (TPSA) is 3.24 Å². The van der Waals surface area contributed by atoms with Gasteiger partial charge in [-0.3, -0.25) is 0 Å². The predicted molar refractivity (Wildman–Crippen MR) is 62.0 cm³/mol. The average Bonchev–Trinajstić information content (AvgIpc) is 2.70. The number of benzene rings is 1. The Morgan fingerprint density at radius 3 is 2.50 bits per heavy atom. The molecule has 0 aromatic heterocycles. The molecule has 1 nitrogen and oxygen atoms in total. The molecule has 0 N–H and O–H groups in total. The quantitative estimate of drug-likeness (QED) is 0.690. The Labute approximate surface area is 86.7 Å². The van der Waals surface area contributed by atoms with Crippen molar-refractivity contribution < 1.29 is 0 Å². The summed E-state index contributed by atoms with van der Waals surface area (Å²) in [5.74, 6) is 0. The molecule has 2 rings (SSSR count). The third-order valence-electron chi connectivity index (χ3n) is 3.18. The second-order valence-electron chi connectivity index (χ2n) is 4.16. The maximum Gasteiger partial charge on any atom is 0.0369 e. The number of nitrogens with zero attached hydrogens (tertiary/aromatic N) is 1. The number of hydrogen-bond donors (Lipinski definition) is 0. The smallest absolute Gasteiger partial charge is 0.0369 e. The van der Waals surface area contributed by atoms with Crippen LogP contribution in [0.2, 0.25) is 0 Å². The molecule has 0 saturated carbocycles. The molecule has 0 radical (unpaired) electrons. The van der Waals surface area contributed by atoms with Gasteiger partial charge in [0.05, 0.1) is 0 Å². The van der Waals surface area contributed by atoms with Gasteiger partial charge in [-0.25, -0.2) is 0 Å². The van der Waals surface area contributed by atoms with Crippen LogP contribution in [0.15, 0.2) is 18.2 Å². The number of anilines is 1. The molecule has 0 atom stereocenters. The largest absolute Gasteiger partial charge is 0.372 e. The van der Waals surface area contributed by atoms with E-state index in [4.69, 9.17) is 0 Å². The highest BCUT2D eigenvalue weighted by atomic mass is 15.1. The van der Waals surface area contributed by atoms with E-state index in [2.05, 4.69) is 36.9 Å². The van der Waals surface area contributed by atoms with E-state index in [0.29, 0.717) is 0 Å². The Kier molecular flexibility index (Phi) is 2.76. The van der Waals surface area contributed by atoms with Gasteiger partial charge in [0.15, 0.2) is 0 Å². The molecule has 1 aliphatic rings. The molecule has 0 amide bonds. The van der Waals surface area contributed by atoms with Gasteiger partial charge in [-0.2, -0.15) is 0 Å². The van der Waals surface area contributed by atoms with Gasteiger partial charge >= 0.3 is 0 Å². The Morgan fingerprint density at radius 1 is 1.21 bits per heavy atom. The zero-order chi connectivity index (χ0) is 9.97. The molecule has 0 bridgehead atoms. The Hall–Kier alpha value is -0.980. The number of aryl methyl sites for hydroxylation is 2. The lowest BCUT2D eigenvalue weighted by Crippen LogP contribution is -2.17. The minimum atomic E-state index is 1.14. The van der Waals surface area contributed by atoms with Crippen LogP contribution in [-0.4, -0.2) is 13.1 Å². The van der Waals surface area contributed by atoms with Gasteiger partial charge in [-0.1, -0.05) is 13.0 Å². The molecule has 1 heteroatoms. The Morgan fingerprint density at radius 2 is 1.93 bits per heavy atom. The normalized spacial score (nSPS) is 16.3. The first-order valence-electron chi connectivity index (χ1n) is 5.65. The van der Waals surface area contributed by atoms with Crippen LogP contribution in [-0.2, 0) is 6.42 Å². The summed E-state index contributed by atoms with van der Waals surface area (Å²) in [5, 5.41) is 0. The second kappa shape index (κ2) is 4.04. The van der Waals surface area contributed by atoms with Gasteiger partial charge in [-0.15, -0.1) is 0 Å². The van der Waals surface area contributed by atoms with Crippen molar-refractivity contribution in [1.82, 2.24) is 0 Å². The van der Waals surface area contributed by atoms with E-state index in [-0.39, 0.29) is 0 Å². The molecule has 0 unspecified atom stereocenters. The highest BCUT2D eigenvalue weighted by Crippen LogP contribution is 2.23. The van der Waals surface area contributed by atoms with Gasteiger partial charge < -0.3 is 4.90 Å². The molecule has 1 aromatic rings. The van der Waals surface area contributed by atoms with E-state index in [1.807, 2.05) is 0 Å². The van der Waals surface area contributed by atoms with E-state index in [1.54, 1.807) is 0 Å². The third kappa shape index (κ3) is 1.77. The maximum absolute atomic E-state index is 2.49. The van der Waals surface area contributed by atoms with Gasteiger partial charge in [-0.05, 0) is 49.4 Å². The molecule has 1 heterocycles. The average molecular weight is 189 g/mol. The summed E-state index contributed by atoms with van der Waals surface area (Å²) < 4.78 is 0. The van der Waals surface area contributed by atoms with Crippen LogP contribution in [0.3, 0.4) is 0 Å². The van der Waals surface area contributed by atoms with Crippen molar-refractivity contribution in [2.75, 3.05) is 18.0 Å². The summed E-state index contributed by atoms with van der Waals surface area (Å²) in [6.07, 6.45) is 3.86. The second-order valence-corrected chi connectivity index (χ2v) is 4.16. The van der Waals surface area contributed by atoms with Crippen LogP contribution >= 0.6 is 0 Å². The van der Waals surface area contributed by atoms with Crippen LogP contribution in [0, 0.1) is 6.92 Å². The highest BCUT2D eigenvalue weighted by molar-refractivity contribution is 5.51. The van der Waals surface area contributed by atoms with Crippen LogP contribution in [0.4, 0.5) is 5.69 Å². The van der Waals surface area contributed by atoms with Crippen LogP contribution in [0.25, 0.3) is 0 Å². The molecule has 14 heavy (non-hydrogen) atoms. The van der Waals surface area contributed by atoms with Crippen LogP contribution in [0.5, 0.6) is 0 Å². The third-order valence-corrected chi connectivity index (χ3v) is 3.18. The van der Waals surface area contributed by atoms with Gasteiger partial charge in [0.2, 0.25) is 0 Å².